The summed E-state index contributed by atoms with van der Waals surface area (Å²) in [7, 11) is 0. The van der Waals surface area contributed by atoms with Crippen molar-refractivity contribution in [2.24, 2.45) is 0 Å². The van der Waals surface area contributed by atoms with Gasteiger partial charge in [-0.15, -0.1) is 0 Å². The monoisotopic (exact) mass is 778 g/mol. The van der Waals surface area contributed by atoms with Gasteiger partial charge in [0.25, 0.3) is 0 Å². The van der Waals surface area contributed by atoms with Crippen LogP contribution < -0.4 is 9.80 Å². The molecule has 0 amide bonds. The number of hydrogen-bond donors (Lipinski definition) is 0. The molecule has 0 unspecified atom stereocenters. The normalized spacial score (nSPS) is 13.2. The second-order valence-corrected chi connectivity index (χ2v) is 17.0. The van der Waals surface area contributed by atoms with Gasteiger partial charge >= 0.3 is 0 Å². The summed E-state index contributed by atoms with van der Waals surface area (Å²) in [6.45, 7) is 4.76. The first-order chi connectivity index (χ1) is 30.0. The molecule has 0 atom stereocenters. The molecule has 12 rings (SSSR count). The van der Waals surface area contributed by atoms with E-state index in [1.54, 1.807) is 0 Å². The lowest BCUT2D eigenvalue weighted by Gasteiger charge is -2.33. The summed E-state index contributed by atoms with van der Waals surface area (Å²) < 4.78 is 0. The summed E-state index contributed by atoms with van der Waals surface area (Å²) >= 11 is 0. The van der Waals surface area contributed by atoms with Gasteiger partial charge in [0.15, 0.2) is 0 Å². The van der Waals surface area contributed by atoms with Gasteiger partial charge in [-0.3, -0.25) is 0 Å². The summed E-state index contributed by atoms with van der Waals surface area (Å²) in [5.41, 5.74) is 19.2. The van der Waals surface area contributed by atoms with Gasteiger partial charge in [0.05, 0.1) is 11.4 Å². The van der Waals surface area contributed by atoms with E-state index in [-0.39, 0.29) is 5.41 Å². The molecule has 61 heavy (non-hydrogen) atoms. The van der Waals surface area contributed by atoms with Crippen molar-refractivity contribution in [1.29, 1.82) is 0 Å². The second kappa shape index (κ2) is 13.7. The summed E-state index contributed by atoms with van der Waals surface area (Å²) in [4.78, 5) is 4.91. The van der Waals surface area contributed by atoms with E-state index < -0.39 is 0 Å². The minimum atomic E-state index is -0.179. The van der Waals surface area contributed by atoms with Crippen molar-refractivity contribution in [2.45, 2.75) is 19.3 Å². The zero-order valence-corrected chi connectivity index (χ0v) is 34.2. The van der Waals surface area contributed by atoms with Crippen molar-refractivity contribution < 1.29 is 0 Å². The molecule has 0 fully saturated rings. The van der Waals surface area contributed by atoms with E-state index in [1.165, 1.54) is 77.2 Å². The van der Waals surface area contributed by atoms with E-state index in [0.717, 1.165) is 34.1 Å². The zero-order chi connectivity index (χ0) is 40.7. The van der Waals surface area contributed by atoms with Gasteiger partial charge in [0.1, 0.15) is 0 Å². The number of hydrogen-bond acceptors (Lipinski definition) is 2. The maximum atomic E-state index is 2.47. The van der Waals surface area contributed by atoms with Crippen LogP contribution in [0.1, 0.15) is 25.0 Å². The molecule has 2 heteroatoms. The smallest absolute Gasteiger partial charge is 0.0540 e. The maximum absolute atomic E-state index is 2.47. The third kappa shape index (κ3) is 5.56. The highest BCUT2D eigenvalue weighted by molar-refractivity contribution is 6.12. The Hall–Kier alpha value is -7.68. The van der Waals surface area contributed by atoms with Crippen molar-refractivity contribution in [3.63, 3.8) is 0 Å². The van der Waals surface area contributed by atoms with Crippen molar-refractivity contribution in [1.82, 2.24) is 0 Å². The lowest BCUT2D eigenvalue weighted by molar-refractivity contribution is 0.661. The third-order valence-electron chi connectivity index (χ3n) is 13.1. The minimum Gasteiger partial charge on any atom is -0.310 e. The second-order valence-electron chi connectivity index (χ2n) is 17.0. The fraction of sp³-hybridized carbons (Fsp3) is 0.0508. The average molecular weight is 779 g/mol. The van der Waals surface area contributed by atoms with E-state index in [1.807, 2.05) is 0 Å². The van der Waals surface area contributed by atoms with Gasteiger partial charge in [0, 0.05) is 39.3 Å². The van der Waals surface area contributed by atoms with Crippen LogP contribution in [0.25, 0.3) is 66.1 Å². The Morgan fingerprint density at radius 3 is 1.59 bits per heavy atom. The van der Waals surface area contributed by atoms with Crippen molar-refractivity contribution >= 4 is 55.7 Å². The molecule has 0 radical (unpaired) electrons. The molecule has 288 valence electrons. The van der Waals surface area contributed by atoms with Crippen LogP contribution in [0.15, 0.2) is 218 Å². The lowest BCUT2D eigenvalue weighted by atomic mass is 9.81. The number of fused-ring (bicyclic) bond motifs is 8. The van der Waals surface area contributed by atoms with Gasteiger partial charge in [-0.1, -0.05) is 166 Å². The molecule has 0 saturated heterocycles. The van der Waals surface area contributed by atoms with E-state index in [2.05, 4.69) is 242 Å². The number of rotatable bonds is 5. The number of anilines is 6. The minimum absolute atomic E-state index is 0.179. The van der Waals surface area contributed by atoms with Gasteiger partial charge in [-0.2, -0.15) is 0 Å². The number of nitrogens with zero attached hydrogens (tertiary/aromatic N) is 2. The van der Waals surface area contributed by atoms with Gasteiger partial charge in [-0.05, 0) is 133 Å². The van der Waals surface area contributed by atoms with Crippen molar-refractivity contribution in [3.05, 3.63) is 230 Å². The predicted molar refractivity (Wildman–Crippen MR) is 258 cm³/mol. The Morgan fingerprint density at radius 2 is 0.869 bits per heavy atom. The quantitative estimate of drug-likeness (QED) is 0.172. The first kappa shape index (κ1) is 35.3. The molecule has 10 aromatic rings. The Bertz CT molecular complexity index is 3280. The fourth-order valence-corrected chi connectivity index (χ4v) is 10.2. The van der Waals surface area contributed by atoms with Gasteiger partial charge < -0.3 is 9.80 Å². The van der Waals surface area contributed by atoms with Crippen LogP contribution in [0.4, 0.5) is 34.1 Å². The summed E-state index contributed by atoms with van der Waals surface area (Å²) in [5.74, 6) is 0. The topological polar surface area (TPSA) is 6.48 Å². The maximum Gasteiger partial charge on any atom is 0.0540 e. The molecule has 1 aliphatic carbocycles. The Balaban J connectivity index is 1.07. The highest BCUT2D eigenvalue weighted by Crippen LogP contribution is 2.54. The summed E-state index contributed by atoms with van der Waals surface area (Å²) in [5, 5.41) is 5.10. The van der Waals surface area contributed by atoms with E-state index in [0.29, 0.717) is 0 Å². The van der Waals surface area contributed by atoms with Crippen LogP contribution >= 0.6 is 0 Å². The third-order valence-corrected chi connectivity index (χ3v) is 13.1. The molecular formula is C59H42N2. The lowest BCUT2D eigenvalue weighted by Crippen LogP contribution is -2.17. The number of para-hydroxylation sites is 2. The molecule has 2 nitrogen and oxygen atoms in total. The van der Waals surface area contributed by atoms with E-state index >= 15 is 0 Å². The van der Waals surface area contributed by atoms with E-state index in [9.17, 15) is 0 Å². The van der Waals surface area contributed by atoms with Crippen LogP contribution in [-0.2, 0) is 5.41 Å². The largest absolute Gasteiger partial charge is 0.310 e. The van der Waals surface area contributed by atoms with E-state index in [4.69, 9.17) is 0 Å². The Labute approximate surface area is 357 Å². The molecule has 0 saturated carbocycles. The zero-order valence-electron chi connectivity index (χ0n) is 34.2. The fourth-order valence-electron chi connectivity index (χ4n) is 10.2. The summed E-state index contributed by atoms with van der Waals surface area (Å²) in [6.07, 6.45) is 0. The molecule has 1 heterocycles. The van der Waals surface area contributed by atoms with Crippen LogP contribution in [0.2, 0.25) is 0 Å². The molecule has 1 aliphatic heterocycles. The molecule has 0 bridgehead atoms. The average Bonchev–Trinajstić information content (AvgIpc) is 3.52. The number of benzene rings is 10. The first-order valence-corrected chi connectivity index (χ1v) is 21.3. The highest BCUT2D eigenvalue weighted by atomic mass is 15.2. The standard InChI is InChI=1S/C59H42N2/c1-59(2)54-36-43-19-7-6-18-42(43)35-53(54)48-33-32-47(38-55(48)59)60(44-23-12-22-41(34-44)39-16-4-3-5-17-39)45-24-15-25-46(37-45)61-56-30-10-8-26-49(56)51-28-13-20-40-21-14-29-52(58(40)51)50-27-9-11-31-57(50)61/h3-38H,1-2H3. The first-order valence-electron chi connectivity index (χ1n) is 21.3. The Morgan fingerprint density at radius 1 is 0.344 bits per heavy atom. The van der Waals surface area contributed by atoms with Crippen LogP contribution in [-0.4, -0.2) is 0 Å². The predicted octanol–water partition coefficient (Wildman–Crippen LogP) is 16.6. The molecule has 0 aromatic heterocycles. The van der Waals surface area contributed by atoms with Crippen LogP contribution in [0.5, 0.6) is 0 Å². The van der Waals surface area contributed by atoms with Crippen molar-refractivity contribution in [2.75, 3.05) is 9.80 Å². The van der Waals surface area contributed by atoms with Crippen molar-refractivity contribution in [3.8, 4) is 44.5 Å². The van der Waals surface area contributed by atoms with Gasteiger partial charge in [0.2, 0.25) is 0 Å². The molecule has 0 spiro atoms. The highest BCUT2D eigenvalue weighted by Gasteiger charge is 2.36. The Kier molecular flexibility index (Phi) is 7.92. The van der Waals surface area contributed by atoms with Crippen LogP contribution in [0.3, 0.4) is 0 Å². The van der Waals surface area contributed by atoms with Gasteiger partial charge in [-0.25, -0.2) is 0 Å². The molecule has 0 N–H and O–H groups in total. The molecule has 10 aromatic carbocycles. The summed E-state index contributed by atoms with van der Waals surface area (Å²) in [6, 6.07) is 80.6. The SMILES string of the molecule is CC1(C)c2cc(N(c3cccc(-c4ccccc4)c3)c3cccc(N4c5ccccc5-c5cccc6cccc(c56)-c5ccccc54)c3)ccc2-c2cc3ccccc3cc21. The molecular weight excluding hydrogens is 737 g/mol. The van der Waals surface area contributed by atoms with Crippen LogP contribution in [0, 0.1) is 0 Å². The molecule has 2 aliphatic rings.